The average Bonchev–Trinajstić information content (AvgIpc) is 2.94. The summed E-state index contributed by atoms with van der Waals surface area (Å²) in [4.78, 5) is 2.22. The van der Waals surface area contributed by atoms with Crippen molar-refractivity contribution < 1.29 is 9.47 Å². The minimum Gasteiger partial charge on any atom is -0.489 e. The zero-order chi connectivity index (χ0) is 24.6. The number of halogens is 1. The maximum Gasteiger partial charge on any atom is 0.119 e. The molecule has 0 aliphatic heterocycles. The van der Waals surface area contributed by atoms with Crippen LogP contribution in [0.5, 0.6) is 11.5 Å². The topological polar surface area (TPSA) is 21.7 Å². The molecule has 0 spiro atoms. The zero-order valence-corrected chi connectivity index (χ0v) is 21.3. The Morgan fingerprint density at radius 3 is 1.19 bits per heavy atom. The van der Waals surface area contributed by atoms with Gasteiger partial charge in [-0.15, -0.1) is 0 Å². The number of benzene rings is 5. The summed E-state index contributed by atoms with van der Waals surface area (Å²) in [6.07, 6.45) is 0. The van der Waals surface area contributed by atoms with Gasteiger partial charge in [-0.05, 0) is 83.9 Å². The van der Waals surface area contributed by atoms with Gasteiger partial charge in [-0.25, -0.2) is 0 Å². The van der Waals surface area contributed by atoms with E-state index in [0.717, 1.165) is 44.2 Å². The van der Waals surface area contributed by atoms with Crippen molar-refractivity contribution >= 4 is 33.0 Å². The van der Waals surface area contributed by atoms with Crippen LogP contribution in [0.15, 0.2) is 138 Å². The van der Waals surface area contributed by atoms with Crippen LogP contribution in [-0.4, -0.2) is 0 Å². The lowest BCUT2D eigenvalue weighted by Gasteiger charge is -2.26. The summed E-state index contributed by atoms with van der Waals surface area (Å²) in [6.45, 7) is 1.09. The van der Waals surface area contributed by atoms with E-state index < -0.39 is 0 Å². The summed E-state index contributed by atoms with van der Waals surface area (Å²) in [7, 11) is 0. The molecule has 0 unspecified atom stereocenters. The molecule has 0 aliphatic rings. The molecule has 0 fully saturated rings. The minimum atomic E-state index is 0.543. The molecule has 0 aliphatic carbocycles. The third-order valence-electron chi connectivity index (χ3n) is 5.77. The van der Waals surface area contributed by atoms with Crippen LogP contribution < -0.4 is 14.4 Å². The van der Waals surface area contributed by atoms with Crippen LogP contribution >= 0.6 is 15.9 Å². The van der Waals surface area contributed by atoms with Gasteiger partial charge < -0.3 is 14.4 Å². The molecule has 36 heavy (non-hydrogen) atoms. The lowest BCUT2D eigenvalue weighted by molar-refractivity contribution is 0.306. The minimum absolute atomic E-state index is 0.543. The van der Waals surface area contributed by atoms with E-state index in [-0.39, 0.29) is 0 Å². The second kappa shape index (κ2) is 11.6. The molecular weight excluding hydrogens is 510 g/mol. The smallest absolute Gasteiger partial charge is 0.119 e. The number of rotatable bonds is 9. The molecule has 0 atom stereocenters. The van der Waals surface area contributed by atoms with Gasteiger partial charge in [0.25, 0.3) is 0 Å². The van der Waals surface area contributed by atoms with Crippen molar-refractivity contribution in [1.29, 1.82) is 0 Å². The van der Waals surface area contributed by atoms with E-state index in [1.165, 1.54) is 0 Å². The molecule has 5 rings (SSSR count). The van der Waals surface area contributed by atoms with Gasteiger partial charge in [0.15, 0.2) is 0 Å². The van der Waals surface area contributed by atoms with Crippen molar-refractivity contribution in [2.24, 2.45) is 0 Å². The number of hydrogen-bond donors (Lipinski definition) is 0. The number of hydrogen-bond acceptors (Lipinski definition) is 3. The summed E-state index contributed by atoms with van der Waals surface area (Å²) < 4.78 is 13.0. The summed E-state index contributed by atoms with van der Waals surface area (Å²) >= 11 is 3.55. The summed E-state index contributed by atoms with van der Waals surface area (Å²) in [5.41, 5.74) is 5.44. The molecule has 0 heterocycles. The van der Waals surface area contributed by atoms with Crippen molar-refractivity contribution in [2.45, 2.75) is 13.2 Å². The van der Waals surface area contributed by atoms with E-state index in [2.05, 4.69) is 93.6 Å². The van der Waals surface area contributed by atoms with Crippen LogP contribution in [0, 0.1) is 0 Å². The molecule has 4 heteroatoms. The molecule has 0 N–H and O–H groups in total. The monoisotopic (exact) mass is 535 g/mol. The Bertz CT molecular complexity index is 1270. The molecule has 178 valence electrons. The van der Waals surface area contributed by atoms with Crippen LogP contribution in [0.2, 0.25) is 0 Å². The van der Waals surface area contributed by atoms with E-state index in [9.17, 15) is 0 Å². The van der Waals surface area contributed by atoms with Gasteiger partial charge in [0.2, 0.25) is 0 Å². The lowest BCUT2D eigenvalue weighted by Crippen LogP contribution is -2.10. The zero-order valence-electron chi connectivity index (χ0n) is 19.8. The molecule has 0 bridgehead atoms. The molecule has 5 aromatic rings. The SMILES string of the molecule is Brc1ccc(N(c2ccc(OCc3ccccc3)cc2)c2ccc(OCc3ccccc3)cc2)cc1. The van der Waals surface area contributed by atoms with Crippen molar-refractivity contribution in [3.63, 3.8) is 0 Å². The van der Waals surface area contributed by atoms with Gasteiger partial charge in [-0.1, -0.05) is 76.6 Å². The third-order valence-corrected chi connectivity index (χ3v) is 6.30. The molecule has 0 aromatic heterocycles. The Balaban J connectivity index is 1.35. The number of nitrogens with zero attached hydrogens (tertiary/aromatic N) is 1. The van der Waals surface area contributed by atoms with Crippen LogP contribution in [0.3, 0.4) is 0 Å². The van der Waals surface area contributed by atoms with E-state index in [0.29, 0.717) is 13.2 Å². The van der Waals surface area contributed by atoms with Crippen molar-refractivity contribution in [2.75, 3.05) is 4.90 Å². The standard InChI is InChI=1S/C32H26BrNO2/c33-27-11-13-28(14-12-27)34(29-15-19-31(20-16-29)35-23-25-7-3-1-4-8-25)30-17-21-32(22-18-30)36-24-26-9-5-2-6-10-26/h1-22H,23-24H2. The fourth-order valence-corrected chi connectivity index (χ4v) is 4.17. The molecule has 0 saturated heterocycles. The predicted molar refractivity (Wildman–Crippen MR) is 150 cm³/mol. The van der Waals surface area contributed by atoms with E-state index in [1.807, 2.05) is 60.7 Å². The Morgan fingerprint density at radius 1 is 0.444 bits per heavy atom. The summed E-state index contributed by atoms with van der Waals surface area (Å²) in [5, 5.41) is 0. The van der Waals surface area contributed by atoms with E-state index in [1.54, 1.807) is 0 Å². The third kappa shape index (κ3) is 6.15. The Kier molecular flexibility index (Phi) is 7.64. The van der Waals surface area contributed by atoms with Crippen LogP contribution in [0.4, 0.5) is 17.1 Å². The Morgan fingerprint density at radius 2 is 0.806 bits per heavy atom. The van der Waals surface area contributed by atoms with Gasteiger partial charge in [0.1, 0.15) is 24.7 Å². The maximum absolute atomic E-state index is 5.99. The van der Waals surface area contributed by atoms with Gasteiger partial charge in [0.05, 0.1) is 0 Å². The van der Waals surface area contributed by atoms with Gasteiger partial charge in [-0.2, -0.15) is 0 Å². The number of ether oxygens (including phenoxy) is 2. The predicted octanol–water partition coefficient (Wildman–Crippen LogP) is 9.08. The van der Waals surface area contributed by atoms with Crippen LogP contribution in [0.25, 0.3) is 0 Å². The molecular formula is C32H26BrNO2. The molecule has 0 amide bonds. The van der Waals surface area contributed by atoms with Crippen LogP contribution in [0.1, 0.15) is 11.1 Å². The first-order valence-corrected chi connectivity index (χ1v) is 12.6. The highest BCUT2D eigenvalue weighted by atomic mass is 79.9. The second-order valence-electron chi connectivity index (χ2n) is 8.35. The summed E-state index contributed by atoms with van der Waals surface area (Å²) in [5.74, 6) is 1.67. The van der Waals surface area contributed by atoms with Gasteiger partial charge in [0, 0.05) is 21.5 Å². The summed E-state index contributed by atoms with van der Waals surface area (Å²) in [6, 6.07) is 45.1. The number of anilines is 3. The quantitative estimate of drug-likeness (QED) is 0.188. The maximum atomic E-state index is 5.99. The lowest BCUT2D eigenvalue weighted by atomic mass is 10.2. The highest BCUT2D eigenvalue weighted by Gasteiger charge is 2.13. The van der Waals surface area contributed by atoms with E-state index in [4.69, 9.17) is 9.47 Å². The second-order valence-corrected chi connectivity index (χ2v) is 9.26. The van der Waals surface area contributed by atoms with E-state index >= 15 is 0 Å². The normalized spacial score (nSPS) is 10.6. The first-order chi connectivity index (χ1) is 17.7. The average molecular weight is 536 g/mol. The molecule has 0 saturated carbocycles. The highest BCUT2D eigenvalue weighted by molar-refractivity contribution is 9.10. The Hall–Kier alpha value is -4.02. The van der Waals surface area contributed by atoms with Crippen molar-refractivity contribution in [3.8, 4) is 11.5 Å². The fourth-order valence-electron chi connectivity index (χ4n) is 3.90. The largest absolute Gasteiger partial charge is 0.489 e. The van der Waals surface area contributed by atoms with Crippen molar-refractivity contribution in [3.05, 3.63) is 149 Å². The highest BCUT2D eigenvalue weighted by Crippen LogP contribution is 2.36. The first kappa shape index (κ1) is 23.7. The van der Waals surface area contributed by atoms with Gasteiger partial charge >= 0.3 is 0 Å². The fraction of sp³-hybridized carbons (Fsp3) is 0.0625. The van der Waals surface area contributed by atoms with Crippen molar-refractivity contribution in [1.82, 2.24) is 0 Å². The molecule has 3 nitrogen and oxygen atoms in total. The molecule has 5 aromatic carbocycles. The first-order valence-electron chi connectivity index (χ1n) is 11.8. The Labute approximate surface area is 220 Å². The van der Waals surface area contributed by atoms with Gasteiger partial charge in [-0.3, -0.25) is 0 Å². The molecule has 0 radical (unpaired) electrons. The van der Waals surface area contributed by atoms with Crippen LogP contribution in [-0.2, 0) is 13.2 Å².